The normalized spacial score (nSPS) is 19.0. The fraction of sp³-hybridized carbons (Fsp3) is 0.429. The first-order chi connectivity index (χ1) is 13.2. The van der Waals surface area contributed by atoms with Crippen molar-refractivity contribution in [2.24, 2.45) is 0 Å². The van der Waals surface area contributed by atoms with Gasteiger partial charge in [0.2, 0.25) is 0 Å². The van der Waals surface area contributed by atoms with Crippen LogP contribution in [0, 0.1) is 0 Å². The largest absolute Gasteiger partial charge is 0.504 e. The number of rotatable bonds is 8. The number of methoxy groups -OCH3 is 1. The van der Waals surface area contributed by atoms with Gasteiger partial charge in [0.25, 0.3) is 0 Å². The van der Waals surface area contributed by atoms with E-state index in [1.807, 2.05) is 12.1 Å². The van der Waals surface area contributed by atoms with Crippen molar-refractivity contribution < 1.29 is 14.9 Å². The molecule has 2 heterocycles. The highest BCUT2D eigenvalue weighted by Gasteiger charge is 2.26. The molecule has 2 N–H and O–H groups in total. The van der Waals surface area contributed by atoms with Gasteiger partial charge in [-0.2, -0.15) is 0 Å². The van der Waals surface area contributed by atoms with Crippen LogP contribution in [0.5, 0.6) is 11.5 Å². The molecule has 5 nitrogen and oxygen atoms in total. The average molecular weight is 389 g/mol. The Morgan fingerprint density at radius 1 is 1.30 bits per heavy atom. The third-order valence-corrected chi connectivity index (χ3v) is 5.83. The van der Waals surface area contributed by atoms with Gasteiger partial charge in [0.05, 0.1) is 7.11 Å². The van der Waals surface area contributed by atoms with E-state index in [1.165, 1.54) is 4.88 Å². The first kappa shape index (κ1) is 19.9. The van der Waals surface area contributed by atoms with Crippen molar-refractivity contribution in [2.75, 3.05) is 39.9 Å². The van der Waals surface area contributed by atoms with E-state index in [0.717, 1.165) is 44.7 Å². The zero-order valence-corrected chi connectivity index (χ0v) is 16.6. The number of aromatic hydroxyl groups is 1. The molecule has 0 bridgehead atoms. The second-order valence-electron chi connectivity index (χ2n) is 6.81. The monoisotopic (exact) mass is 388 g/mol. The van der Waals surface area contributed by atoms with Gasteiger partial charge in [0.15, 0.2) is 11.5 Å². The lowest BCUT2D eigenvalue weighted by Gasteiger charge is -2.41. The van der Waals surface area contributed by atoms with Crippen molar-refractivity contribution >= 4 is 17.4 Å². The average Bonchev–Trinajstić information content (AvgIpc) is 3.18. The molecule has 1 aromatic carbocycles. The van der Waals surface area contributed by atoms with Crippen LogP contribution in [-0.4, -0.2) is 66.0 Å². The third-order valence-electron chi connectivity index (χ3n) is 4.97. The van der Waals surface area contributed by atoms with Gasteiger partial charge in [-0.3, -0.25) is 9.80 Å². The highest BCUT2D eigenvalue weighted by atomic mass is 32.1. The van der Waals surface area contributed by atoms with E-state index in [0.29, 0.717) is 11.8 Å². The van der Waals surface area contributed by atoms with Crippen LogP contribution in [0.1, 0.15) is 16.9 Å². The Hall–Kier alpha value is -1.86. The number of thiophene rings is 1. The Morgan fingerprint density at radius 2 is 2.19 bits per heavy atom. The lowest BCUT2D eigenvalue weighted by atomic mass is 10.1. The van der Waals surface area contributed by atoms with Gasteiger partial charge in [-0.15, -0.1) is 11.3 Å². The van der Waals surface area contributed by atoms with E-state index >= 15 is 0 Å². The summed E-state index contributed by atoms with van der Waals surface area (Å²) in [7, 11) is 1.56. The maximum atomic E-state index is 9.68. The number of ether oxygens (including phenoxy) is 1. The topological polar surface area (TPSA) is 56.2 Å². The van der Waals surface area contributed by atoms with Crippen molar-refractivity contribution in [1.82, 2.24) is 9.80 Å². The fourth-order valence-corrected chi connectivity index (χ4v) is 4.22. The number of aliphatic hydroxyl groups excluding tert-OH is 1. The number of hydrogen-bond donors (Lipinski definition) is 2. The molecule has 146 valence electrons. The number of phenols is 1. The first-order valence-corrected chi connectivity index (χ1v) is 10.2. The second kappa shape index (κ2) is 9.90. The number of piperazine rings is 1. The zero-order valence-electron chi connectivity index (χ0n) is 15.8. The van der Waals surface area contributed by atoms with Gasteiger partial charge >= 0.3 is 0 Å². The number of benzene rings is 1. The number of aliphatic hydroxyl groups is 1. The molecule has 1 unspecified atom stereocenters. The molecule has 1 saturated heterocycles. The van der Waals surface area contributed by atoms with Crippen LogP contribution in [0.4, 0.5) is 0 Å². The van der Waals surface area contributed by atoms with Crippen LogP contribution in [0.2, 0.25) is 0 Å². The molecule has 0 radical (unpaired) electrons. The van der Waals surface area contributed by atoms with Crippen LogP contribution in [0.3, 0.4) is 0 Å². The summed E-state index contributed by atoms with van der Waals surface area (Å²) in [5.74, 6) is 0.644. The van der Waals surface area contributed by atoms with Crippen LogP contribution in [0.25, 0.3) is 6.08 Å². The number of hydrogen-bond acceptors (Lipinski definition) is 6. The molecule has 3 rings (SSSR count). The molecule has 0 saturated carbocycles. The summed E-state index contributed by atoms with van der Waals surface area (Å²) in [5.41, 5.74) is 1.01. The minimum absolute atomic E-state index is 0.156. The molecule has 1 aliphatic rings. The minimum atomic E-state index is 0.156. The molecular formula is C21H28N2O3S. The van der Waals surface area contributed by atoms with E-state index in [1.54, 1.807) is 24.5 Å². The Bertz CT molecular complexity index is 733. The Kier molecular flexibility index (Phi) is 7.29. The Balaban J connectivity index is 1.55. The fourth-order valence-electron chi connectivity index (χ4n) is 3.49. The molecule has 27 heavy (non-hydrogen) atoms. The van der Waals surface area contributed by atoms with Gasteiger partial charge < -0.3 is 14.9 Å². The molecule has 6 heteroatoms. The molecular weight excluding hydrogens is 360 g/mol. The third kappa shape index (κ3) is 5.56. The predicted molar refractivity (Wildman–Crippen MR) is 110 cm³/mol. The standard InChI is InChI=1S/C21H28N2O3S/c1-26-21-14-17(6-7-20(21)25)4-2-9-22-10-11-23(18(15-22)8-12-24)16-19-5-3-13-27-19/h2-7,13-14,18,24-25H,8-12,15-16H2,1H3. The predicted octanol–water partition coefficient (Wildman–Crippen LogP) is 3.04. The smallest absolute Gasteiger partial charge is 0.161 e. The number of nitrogens with zero attached hydrogens (tertiary/aromatic N) is 2. The van der Waals surface area contributed by atoms with Crippen molar-refractivity contribution in [1.29, 1.82) is 0 Å². The highest BCUT2D eigenvalue weighted by Crippen LogP contribution is 2.26. The molecule has 1 aliphatic heterocycles. The van der Waals surface area contributed by atoms with Crippen molar-refractivity contribution in [3.05, 3.63) is 52.2 Å². The van der Waals surface area contributed by atoms with E-state index in [4.69, 9.17) is 4.74 Å². The minimum Gasteiger partial charge on any atom is -0.504 e. The second-order valence-corrected chi connectivity index (χ2v) is 7.84. The summed E-state index contributed by atoms with van der Waals surface area (Å²) in [6, 6.07) is 10.0. The van der Waals surface area contributed by atoms with Crippen LogP contribution < -0.4 is 4.74 Å². The number of phenolic OH excluding ortho intramolecular Hbond substituents is 1. The Morgan fingerprint density at radius 3 is 2.93 bits per heavy atom. The maximum Gasteiger partial charge on any atom is 0.161 e. The van der Waals surface area contributed by atoms with Crippen molar-refractivity contribution in [3.8, 4) is 11.5 Å². The summed E-state index contributed by atoms with van der Waals surface area (Å²) in [4.78, 5) is 6.31. The lowest BCUT2D eigenvalue weighted by molar-refractivity contribution is 0.0604. The molecule has 1 aromatic heterocycles. The van der Waals surface area contributed by atoms with Crippen molar-refractivity contribution in [3.63, 3.8) is 0 Å². The van der Waals surface area contributed by atoms with E-state index in [-0.39, 0.29) is 12.4 Å². The lowest BCUT2D eigenvalue weighted by Crippen LogP contribution is -2.52. The molecule has 2 aromatic rings. The SMILES string of the molecule is COc1cc(C=CCN2CCN(Cc3cccs3)C(CCO)C2)ccc1O. The van der Waals surface area contributed by atoms with Gasteiger partial charge in [0.1, 0.15) is 0 Å². The quantitative estimate of drug-likeness (QED) is 0.728. The van der Waals surface area contributed by atoms with E-state index in [9.17, 15) is 10.2 Å². The van der Waals surface area contributed by atoms with Crippen LogP contribution in [-0.2, 0) is 6.54 Å². The molecule has 0 amide bonds. The zero-order chi connectivity index (χ0) is 19.1. The molecule has 1 fully saturated rings. The van der Waals surface area contributed by atoms with E-state index in [2.05, 4.69) is 39.5 Å². The first-order valence-electron chi connectivity index (χ1n) is 9.33. The summed E-state index contributed by atoms with van der Waals surface area (Å²) < 4.78 is 5.16. The summed E-state index contributed by atoms with van der Waals surface area (Å²) >= 11 is 1.80. The Labute approximate surface area is 165 Å². The van der Waals surface area contributed by atoms with E-state index < -0.39 is 0 Å². The summed E-state index contributed by atoms with van der Waals surface area (Å²) in [6.07, 6.45) is 5.01. The van der Waals surface area contributed by atoms with Gasteiger partial charge in [-0.05, 0) is 35.6 Å². The summed E-state index contributed by atoms with van der Waals surface area (Å²) in [6.45, 7) is 5.08. The van der Waals surface area contributed by atoms with Gasteiger partial charge in [0, 0.05) is 50.2 Å². The van der Waals surface area contributed by atoms with Crippen LogP contribution in [0.15, 0.2) is 41.8 Å². The molecule has 1 atom stereocenters. The highest BCUT2D eigenvalue weighted by molar-refractivity contribution is 7.09. The van der Waals surface area contributed by atoms with Crippen molar-refractivity contribution in [2.45, 2.75) is 19.0 Å². The molecule has 0 aliphatic carbocycles. The van der Waals surface area contributed by atoms with Crippen LogP contribution >= 0.6 is 11.3 Å². The van der Waals surface area contributed by atoms with Gasteiger partial charge in [-0.1, -0.05) is 24.3 Å². The maximum absolute atomic E-state index is 9.68. The molecule has 0 spiro atoms. The van der Waals surface area contributed by atoms with Gasteiger partial charge in [-0.25, -0.2) is 0 Å². The summed E-state index contributed by atoms with van der Waals surface area (Å²) in [5, 5.41) is 21.3.